The summed E-state index contributed by atoms with van der Waals surface area (Å²) >= 11 is 0. The van der Waals surface area contributed by atoms with E-state index in [0.717, 1.165) is 22.0 Å². The first-order chi connectivity index (χ1) is 12.7. The summed E-state index contributed by atoms with van der Waals surface area (Å²) in [5, 5.41) is 23.6. The van der Waals surface area contributed by atoms with Gasteiger partial charge >= 0.3 is 0 Å². The Balaban J connectivity index is 1.68. The molecule has 26 heavy (non-hydrogen) atoms. The van der Waals surface area contributed by atoms with Crippen molar-refractivity contribution in [3.63, 3.8) is 0 Å². The Hall–Kier alpha value is -3.81. The van der Waals surface area contributed by atoms with Crippen molar-refractivity contribution in [2.45, 2.75) is 6.54 Å². The number of rotatable bonds is 5. The van der Waals surface area contributed by atoms with Crippen molar-refractivity contribution in [3.05, 3.63) is 88.6 Å². The van der Waals surface area contributed by atoms with E-state index in [1.807, 2.05) is 30.5 Å². The van der Waals surface area contributed by atoms with Gasteiger partial charge in [-0.15, -0.1) is 10.2 Å². The summed E-state index contributed by atoms with van der Waals surface area (Å²) in [6, 6.07) is 14.6. The van der Waals surface area contributed by atoms with Gasteiger partial charge in [0.1, 0.15) is 12.7 Å². The van der Waals surface area contributed by atoms with Crippen molar-refractivity contribution < 1.29 is 4.92 Å². The number of para-hydroxylation sites is 1. The zero-order valence-corrected chi connectivity index (χ0v) is 13.6. The van der Waals surface area contributed by atoms with Gasteiger partial charge in [0.05, 0.1) is 11.1 Å². The standard InChI is InChI=1S/C18H14N6O2/c25-24(26)16-7-5-14(6-8-16)10-22-11-15(9-21-23-12-19-20-13-23)17-3-1-2-4-18(17)22/h1-9,11-13H,10H2/b21-9-. The van der Waals surface area contributed by atoms with Crippen LogP contribution >= 0.6 is 0 Å². The minimum Gasteiger partial charge on any atom is -0.342 e. The van der Waals surface area contributed by atoms with Crippen LogP contribution in [0.5, 0.6) is 0 Å². The third-order valence-electron chi connectivity index (χ3n) is 4.06. The van der Waals surface area contributed by atoms with Crippen molar-refractivity contribution in [1.82, 2.24) is 19.4 Å². The molecule has 2 heterocycles. The van der Waals surface area contributed by atoms with Gasteiger partial charge in [0, 0.05) is 41.3 Å². The molecule has 0 amide bonds. The van der Waals surface area contributed by atoms with Crippen molar-refractivity contribution in [3.8, 4) is 0 Å². The van der Waals surface area contributed by atoms with E-state index in [4.69, 9.17) is 0 Å². The molecule has 0 fully saturated rings. The molecule has 0 aliphatic heterocycles. The molecule has 0 saturated carbocycles. The molecule has 0 aliphatic carbocycles. The lowest BCUT2D eigenvalue weighted by atomic mass is 10.2. The topological polar surface area (TPSA) is 91.1 Å². The van der Waals surface area contributed by atoms with E-state index in [1.165, 1.54) is 29.5 Å². The summed E-state index contributed by atoms with van der Waals surface area (Å²) in [5.41, 5.74) is 3.11. The molecule has 2 aromatic carbocycles. The van der Waals surface area contributed by atoms with Gasteiger partial charge in [0.2, 0.25) is 0 Å². The second-order valence-corrected chi connectivity index (χ2v) is 5.74. The second-order valence-electron chi connectivity index (χ2n) is 5.74. The van der Waals surface area contributed by atoms with Gasteiger partial charge in [0.15, 0.2) is 0 Å². The Morgan fingerprint density at radius 1 is 1.08 bits per heavy atom. The number of nitro benzene ring substituents is 1. The molecule has 0 aliphatic rings. The van der Waals surface area contributed by atoms with Crippen molar-refractivity contribution in [2.24, 2.45) is 5.10 Å². The molecule has 128 valence electrons. The highest BCUT2D eigenvalue weighted by molar-refractivity contribution is 5.99. The summed E-state index contributed by atoms with van der Waals surface area (Å²) in [7, 11) is 0. The van der Waals surface area contributed by atoms with Crippen LogP contribution in [0.3, 0.4) is 0 Å². The SMILES string of the molecule is O=[N+]([O-])c1ccc(Cn2cc(/C=N\n3cnnc3)c3ccccc32)cc1. The molecule has 4 rings (SSSR count). The van der Waals surface area contributed by atoms with Gasteiger partial charge < -0.3 is 4.57 Å². The molecular formula is C18H14N6O2. The van der Waals surface area contributed by atoms with Crippen LogP contribution in [0.15, 0.2) is 72.5 Å². The third kappa shape index (κ3) is 3.07. The number of aromatic nitrogens is 4. The van der Waals surface area contributed by atoms with Crippen LogP contribution in [0.25, 0.3) is 10.9 Å². The van der Waals surface area contributed by atoms with E-state index in [-0.39, 0.29) is 5.69 Å². The molecule has 0 unspecified atom stereocenters. The number of benzene rings is 2. The number of nitro groups is 1. The van der Waals surface area contributed by atoms with Crippen LogP contribution in [-0.2, 0) is 6.54 Å². The highest BCUT2D eigenvalue weighted by Gasteiger charge is 2.09. The first kappa shape index (κ1) is 15.7. The summed E-state index contributed by atoms with van der Waals surface area (Å²) in [4.78, 5) is 10.4. The molecule has 2 aromatic heterocycles. The van der Waals surface area contributed by atoms with E-state index < -0.39 is 4.92 Å². The van der Waals surface area contributed by atoms with Gasteiger partial charge in [-0.25, -0.2) is 4.68 Å². The van der Waals surface area contributed by atoms with Crippen molar-refractivity contribution >= 4 is 22.8 Å². The molecule has 0 radical (unpaired) electrons. The Bertz CT molecular complexity index is 1080. The maximum Gasteiger partial charge on any atom is 0.269 e. The number of non-ortho nitro benzene ring substituents is 1. The highest BCUT2D eigenvalue weighted by Crippen LogP contribution is 2.22. The van der Waals surface area contributed by atoms with Crippen LogP contribution in [0.2, 0.25) is 0 Å². The van der Waals surface area contributed by atoms with E-state index >= 15 is 0 Å². The predicted molar refractivity (Wildman–Crippen MR) is 97.2 cm³/mol. The highest BCUT2D eigenvalue weighted by atomic mass is 16.6. The Kier molecular flexibility index (Phi) is 3.98. The maximum atomic E-state index is 10.8. The summed E-state index contributed by atoms with van der Waals surface area (Å²) in [6.45, 7) is 0.610. The van der Waals surface area contributed by atoms with Gasteiger partial charge in [-0.2, -0.15) is 5.10 Å². The van der Waals surface area contributed by atoms with Crippen LogP contribution in [0.4, 0.5) is 5.69 Å². The minimum atomic E-state index is -0.394. The summed E-state index contributed by atoms with van der Waals surface area (Å²) in [5.74, 6) is 0. The average Bonchev–Trinajstić information content (AvgIpc) is 3.29. The normalized spacial score (nSPS) is 11.4. The van der Waals surface area contributed by atoms with Crippen molar-refractivity contribution in [1.29, 1.82) is 0 Å². The van der Waals surface area contributed by atoms with E-state index in [2.05, 4.69) is 19.9 Å². The molecule has 0 N–H and O–H groups in total. The van der Waals surface area contributed by atoms with E-state index in [1.54, 1.807) is 18.3 Å². The van der Waals surface area contributed by atoms with E-state index in [0.29, 0.717) is 6.54 Å². The second kappa shape index (κ2) is 6.60. The van der Waals surface area contributed by atoms with Gasteiger partial charge in [-0.3, -0.25) is 10.1 Å². The Morgan fingerprint density at radius 2 is 1.81 bits per heavy atom. The fourth-order valence-electron chi connectivity index (χ4n) is 2.81. The summed E-state index contributed by atoms with van der Waals surface area (Å²) in [6.07, 6.45) is 6.82. The van der Waals surface area contributed by atoms with Gasteiger partial charge in [-0.1, -0.05) is 30.3 Å². The minimum absolute atomic E-state index is 0.0906. The zero-order valence-electron chi connectivity index (χ0n) is 13.6. The summed E-state index contributed by atoms with van der Waals surface area (Å²) < 4.78 is 3.63. The molecule has 8 nitrogen and oxygen atoms in total. The monoisotopic (exact) mass is 346 g/mol. The Labute approximate surface area is 148 Å². The first-order valence-electron chi connectivity index (χ1n) is 7.91. The smallest absolute Gasteiger partial charge is 0.269 e. The maximum absolute atomic E-state index is 10.8. The molecule has 0 bridgehead atoms. The zero-order chi connectivity index (χ0) is 17.9. The lowest BCUT2D eigenvalue weighted by molar-refractivity contribution is -0.384. The number of hydrogen-bond donors (Lipinski definition) is 0. The molecule has 0 atom stereocenters. The number of nitrogens with zero attached hydrogens (tertiary/aromatic N) is 6. The Morgan fingerprint density at radius 3 is 2.54 bits per heavy atom. The van der Waals surface area contributed by atoms with Crippen LogP contribution < -0.4 is 0 Å². The van der Waals surface area contributed by atoms with Gasteiger partial charge in [-0.05, 0) is 11.6 Å². The predicted octanol–water partition coefficient (Wildman–Crippen LogP) is 3.07. The molecule has 0 spiro atoms. The average molecular weight is 346 g/mol. The van der Waals surface area contributed by atoms with Crippen LogP contribution in [0.1, 0.15) is 11.1 Å². The van der Waals surface area contributed by atoms with Gasteiger partial charge in [0.25, 0.3) is 5.69 Å². The first-order valence-corrected chi connectivity index (χ1v) is 7.91. The number of fused-ring (bicyclic) bond motifs is 1. The van der Waals surface area contributed by atoms with Crippen molar-refractivity contribution in [2.75, 3.05) is 0 Å². The molecular weight excluding hydrogens is 332 g/mol. The molecule has 0 saturated heterocycles. The van der Waals surface area contributed by atoms with Crippen LogP contribution in [0, 0.1) is 10.1 Å². The largest absolute Gasteiger partial charge is 0.342 e. The third-order valence-corrected chi connectivity index (χ3v) is 4.06. The van der Waals surface area contributed by atoms with E-state index in [9.17, 15) is 10.1 Å². The molecule has 8 heteroatoms. The fourth-order valence-corrected chi connectivity index (χ4v) is 2.81. The lowest BCUT2D eigenvalue weighted by Crippen LogP contribution is -1.98. The molecule has 4 aromatic rings. The lowest BCUT2D eigenvalue weighted by Gasteiger charge is -2.05. The number of hydrogen-bond acceptors (Lipinski definition) is 5. The van der Waals surface area contributed by atoms with Crippen LogP contribution in [-0.4, -0.2) is 30.6 Å². The fraction of sp³-hybridized carbons (Fsp3) is 0.0556. The quantitative estimate of drug-likeness (QED) is 0.315.